The van der Waals surface area contributed by atoms with E-state index in [0.717, 1.165) is 0 Å². The minimum Gasteiger partial charge on any atom is -0.451 e. The van der Waals surface area contributed by atoms with Crippen molar-refractivity contribution in [3.05, 3.63) is 28.2 Å². The van der Waals surface area contributed by atoms with E-state index in [1.165, 1.54) is 6.92 Å². The highest BCUT2D eigenvalue weighted by Gasteiger charge is 2.31. The molecule has 2 atom stereocenters. The Balaban J connectivity index is 1.95. The number of para-hydroxylation sites is 1. The fourth-order valence-electron chi connectivity index (χ4n) is 1.94. The fourth-order valence-corrected chi connectivity index (χ4v) is 2.43. The molecule has 1 aromatic rings. The van der Waals surface area contributed by atoms with Gasteiger partial charge in [0, 0.05) is 6.42 Å². The smallest absolute Gasteiger partial charge is 0.329 e. The third-order valence-electron chi connectivity index (χ3n) is 3.15. The molecule has 22 heavy (non-hydrogen) atoms. The Hall–Kier alpha value is -1.79. The number of rotatable bonds is 4. The van der Waals surface area contributed by atoms with Crippen LogP contribution in [0.3, 0.4) is 0 Å². The van der Waals surface area contributed by atoms with Gasteiger partial charge >= 0.3 is 5.97 Å². The van der Waals surface area contributed by atoms with E-state index in [1.807, 2.05) is 0 Å². The van der Waals surface area contributed by atoms with Crippen molar-refractivity contribution in [3.63, 3.8) is 0 Å². The van der Waals surface area contributed by atoms with E-state index < -0.39 is 24.0 Å². The van der Waals surface area contributed by atoms with Gasteiger partial charge in [-0.2, -0.15) is 0 Å². The molecule has 2 amide bonds. The Morgan fingerprint density at radius 3 is 2.55 bits per heavy atom. The topological polar surface area (TPSA) is 84.5 Å². The summed E-state index contributed by atoms with van der Waals surface area (Å²) in [6.45, 7) is 1.43. The van der Waals surface area contributed by atoms with Gasteiger partial charge in [-0.1, -0.05) is 29.3 Å². The van der Waals surface area contributed by atoms with Crippen LogP contribution >= 0.6 is 23.2 Å². The number of carbonyl (C=O) groups is 3. The lowest BCUT2D eigenvalue weighted by molar-refractivity contribution is -0.155. The van der Waals surface area contributed by atoms with Crippen molar-refractivity contribution in [2.24, 2.45) is 0 Å². The summed E-state index contributed by atoms with van der Waals surface area (Å²) in [6.07, 6.45) is -0.407. The number of hydrogen-bond donors (Lipinski definition) is 2. The van der Waals surface area contributed by atoms with Gasteiger partial charge in [-0.3, -0.25) is 9.59 Å². The predicted octanol–water partition coefficient (Wildman–Crippen LogP) is 2.14. The fraction of sp³-hybridized carbons (Fsp3) is 0.357. The molecule has 0 saturated carbocycles. The van der Waals surface area contributed by atoms with E-state index in [0.29, 0.717) is 6.42 Å². The molecule has 1 aromatic carbocycles. The van der Waals surface area contributed by atoms with Crippen LogP contribution in [0.5, 0.6) is 0 Å². The van der Waals surface area contributed by atoms with Crippen LogP contribution in [0, 0.1) is 0 Å². The molecule has 0 spiro atoms. The summed E-state index contributed by atoms with van der Waals surface area (Å²) in [6, 6.07) is 4.10. The van der Waals surface area contributed by atoms with Crippen LogP contribution in [0.1, 0.15) is 19.8 Å². The van der Waals surface area contributed by atoms with E-state index in [4.69, 9.17) is 27.9 Å². The van der Waals surface area contributed by atoms with Crippen molar-refractivity contribution in [3.8, 4) is 0 Å². The number of ether oxygens (including phenoxy) is 1. The van der Waals surface area contributed by atoms with Gasteiger partial charge in [-0.15, -0.1) is 0 Å². The lowest BCUT2D eigenvalue weighted by atomic mass is 10.2. The first-order valence-electron chi connectivity index (χ1n) is 6.63. The summed E-state index contributed by atoms with van der Waals surface area (Å²) in [5.74, 6) is -1.41. The number of halogens is 2. The second-order valence-corrected chi connectivity index (χ2v) is 5.64. The average Bonchev–Trinajstić information content (AvgIpc) is 2.89. The standard InChI is InChI=1S/C14H14Cl2N2O4/c1-7(22-14(21)10-5-6-11(19)17-10)13(20)18-12-8(15)3-2-4-9(12)16/h2-4,7,10H,5-6H2,1H3,(H,17,19)(H,18,20)/t7-,10+/m0/s1. The number of nitrogens with one attached hydrogen (secondary N) is 2. The number of amides is 2. The molecule has 1 fully saturated rings. The Morgan fingerprint density at radius 1 is 1.36 bits per heavy atom. The van der Waals surface area contributed by atoms with Gasteiger partial charge in [-0.05, 0) is 25.5 Å². The number of benzene rings is 1. The first-order chi connectivity index (χ1) is 10.4. The Labute approximate surface area is 137 Å². The van der Waals surface area contributed by atoms with Gasteiger partial charge in [0.2, 0.25) is 5.91 Å². The molecular formula is C14H14Cl2N2O4. The van der Waals surface area contributed by atoms with Crippen LogP contribution < -0.4 is 10.6 Å². The Morgan fingerprint density at radius 2 is 2.00 bits per heavy atom. The van der Waals surface area contributed by atoms with E-state index in [-0.39, 0.29) is 28.1 Å². The van der Waals surface area contributed by atoms with Crippen LogP contribution in [-0.4, -0.2) is 29.9 Å². The number of anilines is 1. The minimum atomic E-state index is -1.04. The van der Waals surface area contributed by atoms with Gasteiger partial charge in [0.05, 0.1) is 15.7 Å². The molecule has 0 bridgehead atoms. The average molecular weight is 345 g/mol. The maximum absolute atomic E-state index is 12.0. The number of carbonyl (C=O) groups excluding carboxylic acids is 3. The second kappa shape index (κ2) is 6.98. The highest BCUT2D eigenvalue weighted by Crippen LogP contribution is 2.29. The molecule has 1 aliphatic rings. The van der Waals surface area contributed by atoms with E-state index >= 15 is 0 Å². The molecule has 0 unspecified atom stereocenters. The van der Waals surface area contributed by atoms with Crippen LogP contribution in [0.2, 0.25) is 10.0 Å². The molecule has 2 rings (SSSR count). The third-order valence-corrected chi connectivity index (χ3v) is 3.78. The van der Waals surface area contributed by atoms with Gasteiger partial charge in [0.1, 0.15) is 6.04 Å². The first kappa shape index (κ1) is 16.6. The SMILES string of the molecule is C[C@H](OC(=O)[C@H]1CCC(=O)N1)C(=O)Nc1c(Cl)cccc1Cl. The molecule has 1 saturated heterocycles. The molecular weight excluding hydrogens is 331 g/mol. The number of hydrogen-bond acceptors (Lipinski definition) is 4. The molecule has 1 heterocycles. The molecule has 0 aromatic heterocycles. The van der Waals surface area contributed by atoms with Crippen molar-refractivity contribution in [1.82, 2.24) is 5.32 Å². The summed E-state index contributed by atoms with van der Waals surface area (Å²) in [4.78, 5) is 34.9. The van der Waals surface area contributed by atoms with Gasteiger partial charge in [0.15, 0.2) is 6.10 Å². The van der Waals surface area contributed by atoms with Gasteiger partial charge in [0.25, 0.3) is 5.91 Å². The molecule has 1 aliphatic heterocycles. The Kier molecular flexibility index (Phi) is 5.26. The monoisotopic (exact) mass is 344 g/mol. The summed E-state index contributed by atoms with van der Waals surface area (Å²) in [7, 11) is 0. The number of esters is 1. The molecule has 6 nitrogen and oxygen atoms in total. The van der Waals surface area contributed by atoms with Crippen LogP contribution in [0.25, 0.3) is 0 Å². The van der Waals surface area contributed by atoms with Crippen LogP contribution in [0.4, 0.5) is 5.69 Å². The zero-order chi connectivity index (χ0) is 16.3. The van der Waals surface area contributed by atoms with Gasteiger partial charge in [-0.25, -0.2) is 4.79 Å². The van der Waals surface area contributed by atoms with Crippen molar-refractivity contribution >= 4 is 46.7 Å². The summed E-state index contributed by atoms with van der Waals surface area (Å²) in [5, 5.41) is 5.55. The molecule has 0 radical (unpaired) electrons. The zero-order valence-corrected chi connectivity index (χ0v) is 13.2. The molecule has 2 N–H and O–H groups in total. The summed E-state index contributed by atoms with van der Waals surface area (Å²) < 4.78 is 5.04. The molecule has 118 valence electrons. The van der Waals surface area contributed by atoms with E-state index in [1.54, 1.807) is 18.2 Å². The van der Waals surface area contributed by atoms with Crippen molar-refractivity contribution in [2.45, 2.75) is 31.9 Å². The molecule has 8 heteroatoms. The quantitative estimate of drug-likeness (QED) is 0.819. The van der Waals surface area contributed by atoms with Crippen molar-refractivity contribution in [2.75, 3.05) is 5.32 Å². The van der Waals surface area contributed by atoms with Crippen LogP contribution in [0.15, 0.2) is 18.2 Å². The lowest BCUT2D eigenvalue weighted by Crippen LogP contribution is -2.39. The van der Waals surface area contributed by atoms with Crippen molar-refractivity contribution < 1.29 is 19.1 Å². The minimum absolute atomic E-state index is 0.207. The zero-order valence-electron chi connectivity index (χ0n) is 11.7. The maximum atomic E-state index is 12.0. The van der Waals surface area contributed by atoms with Gasteiger partial charge < -0.3 is 15.4 Å². The second-order valence-electron chi connectivity index (χ2n) is 4.82. The summed E-state index contributed by atoms with van der Waals surface area (Å²) >= 11 is 11.9. The van der Waals surface area contributed by atoms with E-state index in [2.05, 4.69) is 10.6 Å². The van der Waals surface area contributed by atoms with Crippen LogP contribution in [-0.2, 0) is 19.1 Å². The summed E-state index contributed by atoms with van der Waals surface area (Å²) in [5.41, 5.74) is 0.257. The molecule has 0 aliphatic carbocycles. The predicted molar refractivity (Wildman–Crippen MR) is 81.8 cm³/mol. The highest BCUT2D eigenvalue weighted by atomic mass is 35.5. The van der Waals surface area contributed by atoms with E-state index in [9.17, 15) is 14.4 Å². The Bertz CT molecular complexity index is 601. The largest absolute Gasteiger partial charge is 0.451 e. The normalized spacial score (nSPS) is 18.5. The van der Waals surface area contributed by atoms with Crippen molar-refractivity contribution in [1.29, 1.82) is 0 Å². The first-order valence-corrected chi connectivity index (χ1v) is 7.39. The lowest BCUT2D eigenvalue weighted by Gasteiger charge is -2.17. The highest BCUT2D eigenvalue weighted by molar-refractivity contribution is 6.39. The maximum Gasteiger partial charge on any atom is 0.329 e. The third kappa shape index (κ3) is 3.90.